The standard InChI is InChI=1S/C19H23N3O3/c1-3-25-19(24)22-13-17-12-16(9-11-20-17)18(23)21-10-8-15-6-4-14(2)5-7-15/h4-7,9,11-12H,3,8,10,13H2,1-2H3,(H,21,23)(H,22,24). The number of carbonyl (C=O) groups is 2. The smallest absolute Gasteiger partial charge is 0.407 e. The zero-order chi connectivity index (χ0) is 18.1. The van der Waals surface area contributed by atoms with Crippen LogP contribution < -0.4 is 10.6 Å². The molecule has 0 aliphatic rings. The molecule has 132 valence electrons. The van der Waals surface area contributed by atoms with E-state index in [9.17, 15) is 9.59 Å². The molecule has 2 N–H and O–H groups in total. The zero-order valence-corrected chi connectivity index (χ0v) is 14.5. The zero-order valence-electron chi connectivity index (χ0n) is 14.5. The number of amides is 2. The molecule has 1 heterocycles. The topological polar surface area (TPSA) is 80.3 Å². The van der Waals surface area contributed by atoms with Crippen LogP contribution in [0.5, 0.6) is 0 Å². The Kier molecular flexibility index (Phi) is 6.95. The number of nitrogens with zero attached hydrogens (tertiary/aromatic N) is 1. The molecule has 0 bridgehead atoms. The van der Waals surface area contributed by atoms with Crippen LogP contribution in [0.25, 0.3) is 0 Å². The first-order valence-electron chi connectivity index (χ1n) is 8.27. The van der Waals surface area contributed by atoms with Crippen LogP contribution >= 0.6 is 0 Å². The van der Waals surface area contributed by atoms with Crippen molar-refractivity contribution in [1.82, 2.24) is 15.6 Å². The summed E-state index contributed by atoms with van der Waals surface area (Å²) in [4.78, 5) is 27.7. The number of hydrogen-bond donors (Lipinski definition) is 2. The van der Waals surface area contributed by atoms with Gasteiger partial charge in [-0.25, -0.2) is 4.79 Å². The largest absolute Gasteiger partial charge is 0.450 e. The van der Waals surface area contributed by atoms with Crippen LogP contribution in [0.3, 0.4) is 0 Å². The molecule has 0 saturated heterocycles. The molecule has 2 amide bonds. The lowest BCUT2D eigenvalue weighted by molar-refractivity contribution is 0.0954. The molecule has 1 aromatic carbocycles. The maximum atomic E-state index is 12.2. The minimum absolute atomic E-state index is 0.160. The molecule has 0 atom stereocenters. The van der Waals surface area contributed by atoms with E-state index in [0.29, 0.717) is 24.4 Å². The van der Waals surface area contributed by atoms with Gasteiger partial charge in [0.1, 0.15) is 0 Å². The third-order valence-electron chi connectivity index (χ3n) is 3.59. The van der Waals surface area contributed by atoms with E-state index in [4.69, 9.17) is 4.74 Å². The summed E-state index contributed by atoms with van der Waals surface area (Å²) >= 11 is 0. The van der Waals surface area contributed by atoms with Gasteiger partial charge in [-0.15, -0.1) is 0 Å². The Morgan fingerprint density at radius 2 is 1.88 bits per heavy atom. The van der Waals surface area contributed by atoms with Crippen LogP contribution in [-0.4, -0.2) is 30.1 Å². The highest BCUT2D eigenvalue weighted by Crippen LogP contribution is 2.05. The van der Waals surface area contributed by atoms with Gasteiger partial charge in [0.2, 0.25) is 0 Å². The van der Waals surface area contributed by atoms with E-state index in [1.54, 1.807) is 25.3 Å². The molecule has 2 aromatic rings. The molecule has 1 aromatic heterocycles. The van der Waals surface area contributed by atoms with Gasteiger partial charge in [-0.05, 0) is 38.0 Å². The Labute approximate surface area is 147 Å². The summed E-state index contributed by atoms with van der Waals surface area (Å²) in [7, 11) is 0. The Balaban J connectivity index is 1.83. The van der Waals surface area contributed by atoms with Crippen LogP contribution in [0, 0.1) is 6.92 Å². The molecule has 0 fully saturated rings. The normalized spacial score (nSPS) is 10.2. The van der Waals surface area contributed by atoms with Gasteiger partial charge in [0.05, 0.1) is 18.8 Å². The van der Waals surface area contributed by atoms with Gasteiger partial charge >= 0.3 is 6.09 Å². The van der Waals surface area contributed by atoms with E-state index < -0.39 is 6.09 Å². The predicted molar refractivity (Wildman–Crippen MR) is 95.3 cm³/mol. The molecular weight excluding hydrogens is 318 g/mol. The Morgan fingerprint density at radius 3 is 2.60 bits per heavy atom. The fourth-order valence-corrected chi connectivity index (χ4v) is 2.24. The van der Waals surface area contributed by atoms with Gasteiger partial charge in [-0.2, -0.15) is 0 Å². The quantitative estimate of drug-likeness (QED) is 0.811. The number of nitrogens with one attached hydrogen (secondary N) is 2. The predicted octanol–water partition coefficient (Wildman–Crippen LogP) is 2.61. The fourth-order valence-electron chi connectivity index (χ4n) is 2.24. The minimum atomic E-state index is -0.503. The summed E-state index contributed by atoms with van der Waals surface area (Å²) in [5.74, 6) is -0.160. The summed E-state index contributed by atoms with van der Waals surface area (Å²) in [6.45, 7) is 4.86. The average molecular weight is 341 g/mol. The number of benzene rings is 1. The van der Waals surface area contributed by atoms with Crippen LogP contribution in [0.1, 0.15) is 34.1 Å². The van der Waals surface area contributed by atoms with E-state index >= 15 is 0 Å². The van der Waals surface area contributed by atoms with Crippen LogP contribution in [0.15, 0.2) is 42.6 Å². The Morgan fingerprint density at radius 1 is 1.12 bits per heavy atom. The highest BCUT2D eigenvalue weighted by molar-refractivity contribution is 5.94. The number of aryl methyl sites for hydroxylation is 1. The van der Waals surface area contributed by atoms with E-state index in [2.05, 4.69) is 39.9 Å². The highest BCUT2D eigenvalue weighted by atomic mass is 16.5. The second-order valence-corrected chi connectivity index (χ2v) is 5.60. The molecule has 25 heavy (non-hydrogen) atoms. The monoisotopic (exact) mass is 341 g/mol. The molecule has 0 aliphatic heterocycles. The number of carbonyl (C=O) groups excluding carboxylic acids is 2. The van der Waals surface area contributed by atoms with Crippen molar-refractivity contribution in [2.75, 3.05) is 13.2 Å². The molecule has 2 rings (SSSR count). The van der Waals surface area contributed by atoms with E-state index in [1.165, 1.54) is 11.1 Å². The number of aromatic nitrogens is 1. The molecule has 0 saturated carbocycles. The highest BCUT2D eigenvalue weighted by Gasteiger charge is 2.08. The van der Waals surface area contributed by atoms with Crippen LogP contribution in [0.2, 0.25) is 0 Å². The summed E-state index contributed by atoms with van der Waals surface area (Å²) in [5, 5.41) is 5.48. The van der Waals surface area contributed by atoms with E-state index in [0.717, 1.165) is 6.42 Å². The van der Waals surface area contributed by atoms with Gasteiger partial charge < -0.3 is 15.4 Å². The van der Waals surface area contributed by atoms with Gasteiger partial charge in [0.25, 0.3) is 5.91 Å². The Hall–Kier alpha value is -2.89. The summed E-state index contributed by atoms with van der Waals surface area (Å²) in [6.07, 6.45) is 1.82. The minimum Gasteiger partial charge on any atom is -0.450 e. The average Bonchev–Trinajstić information content (AvgIpc) is 2.62. The SMILES string of the molecule is CCOC(=O)NCc1cc(C(=O)NCCc2ccc(C)cc2)ccn1. The maximum absolute atomic E-state index is 12.2. The summed E-state index contributed by atoms with van der Waals surface area (Å²) in [5.41, 5.74) is 3.51. The Bertz CT molecular complexity index is 714. The molecular formula is C19H23N3O3. The summed E-state index contributed by atoms with van der Waals surface area (Å²) < 4.78 is 4.79. The number of pyridine rings is 1. The third-order valence-corrected chi connectivity index (χ3v) is 3.59. The van der Waals surface area contributed by atoms with Crippen molar-refractivity contribution in [3.63, 3.8) is 0 Å². The molecule has 0 unspecified atom stereocenters. The molecule has 6 nitrogen and oxygen atoms in total. The van der Waals surface area contributed by atoms with Gasteiger partial charge in [-0.3, -0.25) is 9.78 Å². The van der Waals surface area contributed by atoms with Gasteiger partial charge in [-0.1, -0.05) is 29.8 Å². The first kappa shape index (κ1) is 18.4. The molecule has 0 radical (unpaired) electrons. The second kappa shape index (κ2) is 9.42. The molecule has 6 heteroatoms. The lowest BCUT2D eigenvalue weighted by Crippen LogP contribution is -2.27. The van der Waals surface area contributed by atoms with Crippen molar-refractivity contribution in [2.45, 2.75) is 26.8 Å². The number of alkyl carbamates (subject to hydrolysis) is 1. The first-order chi connectivity index (χ1) is 12.1. The number of hydrogen-bond acceptors (Lipinski definition) is 4. The lowest BCUT2D eigenvalue weighted by atomic mass is 10.1. The molecule has 0 aliphatic carbocycles. The maximum Gasteiger partial charge on any atom is 0.407 e. The fraction of sp³-hybridized carbons (Fsp3) is 0.316. The second-order valence-electron chi connectivity index (χ2n) is 5.60. The van der Waals surface area contributed by atoms with Gasteiger partial charge in [0.15, 0.2) is 0 Å². The van der Waals surface area contributed by atoms with Crippen molar-refractivity contribution in [1.29, 1.82) is 0 Å². The van der Waals surface area contributed by atoms with Crippen molar-refractivity contribution in [3.8, 4) is 0 Å². The number of ether oxygens (including phenoxy) is 1. The first-order valence-corrected chi connectivity index (χ1v) is 8.27. The van der Waals surface area contributed by atoms with Gasteiger partial charge in [0, 0.05) is 18.3 Å². The molecule has 0 spiro atoms. The van der Waals surface area contributed by atoms with E-state index in [1.807, 2.05) is 6.92 Å². The van der Waals surface area contributed by atoms with E-state index in [-0.39, 0.29) is 12.5 Å². The lowest BCUT2D eigenvalue weighted by Gasteiger charge is -2.08. The van der Waals surface area contributed by atoms with Crippen molar-refractivity contribution in [3.05, 3.63) is 65.0 Å². The van der Waals surface area contributed by atoms with Crippen LogP contribution in [-0.2, 0) is 17.7 Å². The van der Waals surface area contributed by atoms with Crippen molar-refractivity contribution < 1.29 is 14.3 Å². The van der Waals surface area contributed by atoms with Crippen molar-refractivity contribution >= 4 is 12.0 Å². The van der Waals surface area contributed by atoms with Crippen molar-refractivity contribution in [2.24, 2.45) is 0 Å². The number of rotatable bonds is 7. The summed E-state index contributed by atoms with van der Waals surface area (Å²) in [6, 6.07) is 11.5. The van der Waals surface area contributed by atoms with Crippen LogP contribution in [0.4, 0.5) is 4.79 Å². The third kappa shape index (κ3) is 6.25.